The van der Waals surface area contributed by atoms with Crippen molar-refractivity contribution in [2.45, 2.75) is 58.9 Å². The van der Waals surface area contributed by atoms with Gasteiger partial charge in [0, 0.05) is 0 Å². The van der Waals surface area contributed by atoms with Crippen molar-refractivity contribution < 1.29 is 0 Å². The minimum absolute atomic E-state index is 0.387. The zero-order valence-corrected chi connectivity index (χ0v) is 11.3. The Bertz CT molecular complexity index is 373. The highest BCUT2D eigenvalue weighted by Gasteiger charge is 2.28. The number of nitrogens with zero attached hydrogens (tertiary/aromatic N) is 3. The van der Waals surface area contributed by atoms with Crippen molar-refractivity contribution in [1.82, 2.24) is 15.0 Å². The van der Waals surface area contributed by atoms with Gasteiger partial charge in [0.25, 0.3) is 0 Å². The molecule has 2 N–H and O–H groups in total. The summed E-state index contributed by atoms with van der Waals surface area (Å²) < 4.78 is 2.09. The lowest BCUT2D eigenvalue weighted by atomic mass is 9.80. The Labute approximate surface area is 104 Å². The standard InChI is InChI=1S/C13H24N4/c1-8(2)12-13(14)15-16-17(12)11-6-9(3)5-10(4)7-11/h8-11H,5-7,14H2,1-4H3. The molecule has 0 radical (unpaired) electrons. The van der Waals surface area contributed by atoms with Crippen LogP contribution >= 0.6 is 0 Å². The number of anilines is 1. The van der Waals surface area contributed by atoms with Crippen LogP contribution in [0.15, 0.2) is 0 Å². The van der Waals surface area contributed by atoms with Gasteiger partial charge in [-0.1, -0.05) is 32.9 Å². The lowest BCUT2D eigenvalue weighted by Gasteiger charge is -2.32. The fourth-order valence-electron chi connectivity index (χ4n) is 3.25. The van der Waals surface area contributed by atoms with Gasteiger partial charge in [-0.3, -0.25) is 0 Å². The summed E-state index contributed by atoms with van der Waals surface area (Å²) in [5.74, 6) is 2.53. The molecule has 1 saturated carbocycles. The molecule has 96 valence electrons. The van der Waals surface area contributed by atoms with E-state index in [0.29, 0.717) is 17.8 Å². The van der Waals surface area contributed by atoms with Crippen LogP contribution in [0.4, 0.5) is 5.82 Å². The third-order valence-corrected chi connectivity index (χ3v) is 3.80. The smallest absolute Gasteiger partial charge is 0.169 e. The van der Waals surface area contributed by atoms with Crippen LogP contribution in [0, 0.1) is 11.8 Å². The van der Waals surface area contributed by atoms with Crippen LogP contribution in [0.5, 0.6) is 0 Å². The highest BCUT2D eigenvalue weighted by atomic mass is 15.5. The van der Waals surface area contributed by atoms with Crippen molar-refractivity contribution in [2.75, 3.05) is 5.73 Å². The van der Waals surface area contributed by atoms with E-state index in [1.54, 1.807) is 0 Å². The molecule has 0 bridgehead atoms. The zero-order valence-electron chi connectivity index (χ0n) is 11.3. The molecule has 2 atom stereocenters. The van der Waals surface area contributed by atoms with Gasteiger partial charge in [0.1, 0.15) is 0 Å². The summed E-state index contributed by atoms with van der Waals surface area (Å²) in [6, 6.07) is 0.482. The minimum Gasteiger partial charge on any atom is -0.381 e. The normalized spacial score (nSPS) is 29.8. The maximum absolute atomic E-state index is 5.92. The summed E-state index contributed by atoms with van der Waals surface area (Å²) in [6.07, 6.45) is 3.73. The lowest BCUT2D eigenvalue weighted by molar-refractivity contribution is 0.204. The maximum atomic E-state index is 5.92. The monoisotopic (exact) mass is 236 g/mol. The second kappa shape index (κ2) is 4.67. The predicted molar refractivity (Wildman–Crippen MR) is 69.7 cm³/mol. The number of nitrogen functional groups attached to an aromatic ring is 1. The highest BCUT2D eigenvalue weighted by molar-refractivity contribution is 5.35. The fraction of sp³-hybridized carbons (Fsp3) is 0.846. The van der Waals surface area contributed by atoms with Crippen LogP contribution in [0.25, 0.3) is 0 Å². The molecule has 4 nitrogen and oxygen atoms in total. The van der Waals surface area contributed by atoms with Gasteiger partial charge in [-0.05, 0) is 37.0 Å². The van der Waals surface area contributed by atoms with Gasteiger partial charge in [-0.25, -0.2) is 4.68 Å². The quantitative estimate of drug-likeness (QED) is 0.858. The van der Waals surface area contributed by atoms with Crippen molar-refractivity contribution in [3.63, 3.8) is 0 Å². The number of hydrogen-bond donors (Lipinski definition) is 1. The van der Waals surface area contributed by atoms with Crippen molar-refractivity contribution in [3.8, 4) is 0 Å². The Hall–Kier alpha value is -1.06. The molecule has 17 heavy (non-hydrogen) atoms. The Morgan fingerprint density at radius 2 is 1.76 bits per heavy atom. The van der Waals surface area contributed by atoms with Gasteiger partial charge in [-0.15, -0.1) is 5.10 Å². The van der Waals surface area contributed by atoms with Crippen molar-refractivity contribution in [1.29, 1.82) is 0 Å². The Morgan fingerprint density at radius 1 is 1.18 bits per heavy atom. The van der Waals surface area contributed by atoms with E-state index in [1.807, 2.05) is 0 Å². The van der Waals surface area contributed by atoms with Crippen LogP contribution in [0.3, 0.4) is 0 Å². The molecule has 1 aromatic heterocycles. The van der Waals surface area contributed by atoms with Gasteiger partial charge >= 0.3 is 0 Å². The SMILES string of the molecule is CC1CC(C)CC(n2nnc(N)c2C(C)C)C1. The van der Waals surface area contributed by atoms with E-state index in [2.05, 4.69) is 42.7 Å². The molecule has 1 aliphatic rings. The van der Waals surface area contributed by atoms with E-state index in [0.717, 1.165) is 17.5 Å². The Balaban J connectivity index is 2.27. The molecule has 1 fully saturated rings. The zero-order chi connectivity index (χ0) is 12.6. The van der Waals surface area contributed by atoms with E-state index in [1.165, 1.54) is 19.3 Å². The summed E-state index contributed by atoms with van der Waals surface area (Å²) in [5, 5.41) is 8.33. The molecule has 0 aromatic carbocycles. The summed E-state index contributed by atoms with van der Waals surface area (Å²) in [6.45, 7) is 8.97. The second-order valence-corrected chi connectivity index (χ2v) is 6.03. The van der Waals surface area contributed by atoms with Crippen LogP contribution in [0.1, 0.15) is 64.6 Å². The van der Waals surface area contributed by atoms with Crippen LogP contribution < -0.4 is 5.73 Å². The largest absolute Gasteiger partial charge is 0.381 e. The summed E-state index contributed by atoms with van der Waals surface area (Å²) >= 11 is 0. The van der Waals surface area contributed by atoms with Gasteiger partial charge < -0.3 is 5.73 Å². The van der Waals surface area contributed by atoms with E-state index in [4.69, 9.17) is 5.73 Å². The van der Waals surface area contributed by atoms with Gasteiger partial charge in [-0.2, -0.15) is 0 Å². The number of rotatable bonds is 2. The molecular weight excluding hydrogens is 212 g/mol. The topological polar surface area (TPSA) is 56.7 Å². The molecule has 2 rings (SSSR count). The maximum Gasteiger partial charge on any atom is 0.169 e. The first-order valence-electron chi connectivity index (χ1n) is 6.69. The predicted octanol–water partition coefficient (Wildman–Crippen LogP) is 2.98. The molecule has 0 saturated heterocycles. The van der Waals surface area contributed by atoms with Crippen LogP contribution in [0.2, 0.25) is 0 Å². The molecule has 1 aromatic rings. The number of hydrogen-bond acceptors (Lipinski definition) is 3. The molecule has 1 heterocycles. The molecular formula is C13H24N4. The summed E-state index contributed by atoms with van der Waals surface area (Å²) in [7, 11) is 0. The van der Waals surface area contributed by atoms with Crippen LogP contribution in [-0.2, 0) is 0 Å². The fourth-order valence-corrected chi connectivity index (χ4v) is 3.25. The van der Waals surface area contributed by atoms with E-state index in [-0.39, 0.29) is 0 Å². The third kappa shape index (κ3) is 2.45. The van der Waals surface area contributed by atoms with Crippen molar-refractivity contribution in [2.24, 2.45) is 11.8 Å². The second-order valence-electron chi connectivity index (χ2n) is 6.03. The van der Waals surface area contributed by atoms with E-state index in [9.17, 15) is 0 Å². The molecule has 0 spiro atoms. The molecule has 1 aliphatic carbocycles. The first-order valence-corrected chi connectivity index (χ1v) is 6.69. The minimum atomic E-state index is 0.387. The highest BCUT2D eigenvalue weighted by Crippen LogP contribution is 2.37. The lowest BCUT2D eigenvalue weighted by Crippen LogP contribution is -2.25. The van der Waals surface area contributed by atoms with Gasteiger partial charge in [0.05, 0.1) is 11.7 Å². The first kappa shape index (κ1) is 12.4. The van der Waals surface area contributed by atoms with Gasteiger partial charge in [0.15, 0.2) is 5.82 Å². The first-order chi connectivity index (χ1) is 7.99. The average molecular weight is 236 g/mol. The summed E-state index contributed by atoms with van der Waals surface area (Å²) in [4.78, 5) is 0. The Kier molecular flexibility index (Phi) is 3.40. The van der Waals surface area contributed by atoms with Gasteiger partial charge in [0.2, 0.25) is 0 Å². The Morgan fingerprint density at radius 3 is 2.29 bits per heavy atom. The van der Waals surface area contributed by atoms with Crippen molar-refractivity contribution >= 4 is 5.82 Å². The number of nitrogens with two attached hydrogens (primary N) is 1. The number of aromatic nitrogens is 3. The average Bonchev–Trinajstić information content (AvgIpc) is 2.58. The molecule has 4 heteroatoms. The molecule has 0 aliphatic heterocycles. The van der Waals surface area contributed by atoms with E-state index >= 15 is 0 Å². The van der Waals surface area contributed by atoms with Crippen LogP contribution in [-0.4, -0.2) is 15.0 Å². The molecule has 0 amide bonds. The van der Waals surface area contributed by atoms with Crippen molar-refractivity contribution in [3.05, 3.63) is 5.69 Å². The third-order valence-electron chi connectivity index (χ3n) is 3.80. The van der Waals surface area contributed by atoms with E-state index < -0.39 is 0 Å². The molecule has 2 unspecified atom stereocenters. The summed E-state index contributed by atoms with van der Waals surface area (Å²) in [5.41, 5.74) is 7.03.